The van der Waals surface area contributed by atoms with Gasteiger partial charge in [0.25, 0.3) is 0 Å². The summed E-state index contributed by atoms with van der Waals surface area (Å²) in [5.74, 6) is 0.0462. The molecule has 6 heteroatoms. The lowest BCUT2D eigenvalue weighted by molar-refractivity contribution is 0.636. The summed E-state index contributed by atoms with van der Waals surface area (Å²) >= 11 is 11.1. The number of aromatic nitrogens is 2. The van der Waals surface area contributed by atoms with Crippen LogP contribution in [-0.4, -0.2) is 9.97 Å². The Hall–Kier alpha value is -1.04. The van der Waals surface area contributed by atoms with Gasteiger partial charge in [0.2, 0.25) is 0 Å². The summed E-state index contributed by atoms with van der Waals surface area (Å²) in [6.07, 6.45) is 0. The van der Waals surface area contributed by atoms with Crippen LogP contribution in [0.25, 0.3) is 22.3 Å². The molecule has 0 aliphatic rings. The molecule has 0 bridgehead atoms. The van der Waals surface area contributed by atoms with E-state index in [0.717, 1.165) is 11.1 Å². The first-order valence-electron chi connectivity index (χ1n) is 5.42. The molecule has 96 valence electrons. The van der Waals surface area contributed by atoms with Crippen LogP contribution >= 0.6 is 38.9 Å². The van der Waals surface area contributed by atoms with E-state index in [1.807, 2.05) is 17.7 Å². The Labute approximate surface area is 126 Å². The number of aryl methyl sites for hydroxylation is 1. The first-order chi connectivity index (χ1) is 9.08. The van der Waals surface area contributed by atoms with Crippen molar-refractivity contribution in [1.82, 2.24) is 9.97 Å². The van der Waals surface area contributed by atoms with Gasteiger partial charge in [-0.05, 0) is 45.9 Å². The number of benzene rings is 1. The molecule has 0 fully saturated rings. The molecule has 3 aromatic rings. The Balaban J connectivity index is 2.37. The second-order valence-corrected chi connectivity index (χ2v) is 6.02. The van der Waals surface area contributed by atoms with Gasteiger partial charge < -0.3 is 0 Å². The molecule has 0 N–H and O–H groups in total. The van der Waals surface area contributed by atoms with Gasteiger partial charge in [0.05, 0.1) is 5.39 Å². The van der Waals surface area contributed by atoms with Crippen LogP contribution in [0.3, 0.4) is 0 Å². The molecule has 0 saturated heterocycles. The van der Waals surface area contributed by atoms with Gasteiger partial charge in [-0.15, -0.1) is 0 Å². The van der Waals surface area contributed by atoms with Crippen molar-refractivity contribution in [1.29, 1.82) is 0 Å². The lowest BCUT2D eigenvalue weighted by Crippen LogP contribution is -1.95. The molecular weight excluding hydrogens is 351 g/mol. The van der Waals surface area contributed by atoms with E-state index in [4.69, 9.17) is 11.6 Å². The number of hydrogen-bond donors (Lipinski definition) is 0. The van der Waals surface area contributed by atoms with Gasteiger partial charge in [0.1, 0.15) is 16.5 Å². The third-order valence-electron chi connectivity index (χ3n) is 2.80. The van der Waals surface area contributed by atoms with Crippen LogP contribution in [0.15, 0.2) is 27.4 Å². The number of thiophene rings is 1. The Morgan fingerprint density at radius 3 is 2.74 bits per heavy atom. The average Bonchev–Trinajstić information content (AvgIpc) is 2.79. The second kappa shape index (κ2) is 4.81. The van der Waals surface area contributed by atoms with Crippen molar-refractivity contribution in [3.63, 3.8) is 0 Å². The Bertz CT molecular complexity index is 788. The van der Waals surface area contributed by atoms with Crippen molar-refractivity contribution in [2.45, 2.75) is 6.92 Å². The molecule has 19 heavy (non-hydrogen) atoms. The molecule has 0 atom stereocenters. The molecule has 0 saturated carbocycles. The number of fused-ring (bicyclic) bond motifs is 1. The molecule has 2 nitrogen and oxygen atoms in total. The van der Waals surface area contributed by atoms with Crippen LogP contribution in [0, 0.1) is 12.7 Å². The summed E-state index contributed by atoms with van der Waals surface area (Å²) in [4.78, 5) is 8.58. The smallest absolute Gasteiger partial charge is 0.162 e. The number of nitrogens with zero attached hydrogens (tertiary/aromatic N) is 2. The van der Waals surface area contributed by atoms with Crippen LogP contribution in [0.2, 0.25) is 5.15 Å². The number of hydrogen-bond acceptors (Lipinski definition) is 3. The fraction of sp³-hybridized carbons (Fsp3) is 0.0769. The molecule has 2 heterocycles. The van der Waals surface area contributed by atoms with Crippen LogP contribution in [-0.2, 0) is 0 Å². The van der Waals surface area contributed by atoms with E-state index in [1.54, 1.807) is 17.4 Å². The highest BCUT2D eigenvalue weighted by molar-refractivity contribution is 9.10. The Morgan fingerprint density at radius 1 is 1.26 bits per heavy atom. The van der Waals surface area contributed by atoms with Gasteiger partial charge >= 0.3 is 0 Å². The molecular formula is C13H7BrClFN2S. The van der Waals surface area contributed by atoms with Crippen molar-refractivity contribution < 1.29 is 4.39 Å². The molecule has 0 unspecified atom stereocenters. The van der Waals surface area contributed by atoms with Gasteiger partial charge in [-0.25, -0.2) is 14.4 Å². The fourth-order valence-electron chi connectivity index (χ4n) is 1.84. The van der Waals surface area contributed by atoms with E-state index in [1.165, 1.54) is 6.07 Å². The maximum absolute atomic E-state index is 13.9. The van der Waals surface area contributed by atoms with Gasteiger partial charge in [0.15, 0.2) is 5.82 Å². The topological polar surface area (TPSA) is 25.8 Å². The Kier molecular flexibility index (Phi) is 3.28. The van der Waals surface area contributed by atoms with Crippen LogP contribution in [0.1, 0.15) is 5.56 Å². The first kappa shape index (κ1) is 13.0. The maximum Gasteiger partial charge on any atom is 0.162 e. The fourth-order valence-corrected chi connectivity index (χ4v) is 3.56. The molecule has 0 aliphatic carbocycles. The molecule has 0 radical (unpaired) electrons. The molecule has 1 aromatic carbocycles. The van der Waals surface area contributed by atoms with E-state index >= 15 is 0 Å². The van der Waals surface area contributed by atoms with Crippen molar-refractivity contribution in [2.75, 3.05) is 0 Å². The summed E-state index contributed by atoms with van der Waals surface area (Å²) in [6, 6.07) is 2.96. The van der Waals surface area contributed by atoms with Crippen molar-refractivity contribution in [2.24, 2.45) is 0 Å². The lowest BCUT2D eigenvalue weighted by atomic mass is 10.2. The third kappa shape index (κ3) is 2.16. The van der Waals surface area contributed by atoms with Crippen molar-refractivity contribution in [3.8, 4) is 11.4 Å². The Morgan fingerprint density at radius 2 is 2.05 bits per heavy atom. The highest BCUT2D eigenvalue weighted by Crippen LogP contribution is 2.33. The molecule has 2 aromatic heterocycles. The van der Waals surface area contributed by atoms with E-state index < -0.39 is 5.82 Å². The summed E-state index contributed by atoms with van der Waals surface area (Å²) in [6.45, 7) is 1.96. The van der Waals surface area contributed by atoms with Crippen molar-refractivity contribution in [3.05, 3.63) is 43.9 Å². The van der Waals surface area contributed by atoms with Crippen molar-refractivity contribution >= 4 is 49.8 Å². The zero-order valence-corrected chi connectivity index (χ0v) is 12.9. The molecule has 0 amide bonds. The van der Waals surface area contributed by atoms with Gasteiger partial charge in [0, 0.05) is 15.4 Å². The van der Waals surface area contributed by atoms with Crippen LogP contribution in [0.4, 0.5) is 4.39 Å². The summed E-state index contributed by atoms with van der Waals surface area (Å²) in [7, 11) is 0. The predicted molar refractivity (Wildman–Crippen MR) is 80.3 cm³/mol. The van der Waals surface area contributed by atoms with Crippen LogP contribution < -0.4 is 0 Å². The van der Waals surface area contributed by atoms with Crippen LogP contribution in [0.5, 0.6) is 0 Å². The minimum Gasteiger partial charge on any atom is -0.225 e. The summed E-state index contributed by atoms with van der Waals surface area (Å²) in [5.41, 5.74) is 2.17. The van der Waals surface area contributed by atoms with Gasteiger partial charge in [-0.3, -0.25) is 0 Å². The van der Waals surface area contributed by atoms with Gasteiger partial charge in [-0.2, -0.15) is 11.3 Å². The normalized spacial score (nSPS) is 11.2. The highest BCUT2D eigenvalue weighted by atomic mass is 79.9. The lowest BCUT2D eigenvalue weighted by Gasteiger charge is -2.06. The number of halogens is 3. The first-order valence-corrected chi connectivity index (χ1v) is 7.53. The van der Waals surface area contributed by atoms with Gasteiger partial charge in [-0.1, -0.05) is 11.6 Å². The zero-order chi connectivity index (χ0) is 13.6. The standard InChI is InChI=1S/C13H7BrClFN2S/c1-6-4-19-5-7(6)13-17-11-9(16)3-2-8(14)10(11)12(15)18-13/h2-5H,1H3. The quantitative estimate of drug-likeness (QED) is 0.558. The minimum atomic E-state index is -0.406. The second-order valence-electron chi connectivity index (χ2n) is 4.06. The van der Waals surface area contributed by atoms with E-state index in [-0.39, 0.29) is 10.7 Å². The van der Waals surface area contributed by atoms with E-state index in [2.05, 4.69) is 25.9 Å². The predicted octanol–water partition coefficient (Wildman–Crippen LogP) is 5.22. The zero-order valence-electron chi connectivity index (χ0n) is 9.75. The van der Waals surface area contributed by atoms with E-state index in [9.17, 15) is 4.39 Å². The molecule has 0 aliphatic heterocycles. The highest BCUT2D eigenvalue weighted by Gasteiger charge is 2.15. The van der Waals surface area contributed by atoms with E-state index in [0.29, 0.717) is 15.7 Å². The molecule has 3 rings (SSSR count). The maximum atomic E-state index is 13.9. The minimum absolute atomic E-state index is 0.231. The number of rotatable bonds is 1. The summed E-state index contributed by atoms with van der Waals surface area (Å²) < 4.78 is 14.6. The summed E-state index contributed by atoms with van der Waals surface area (Å²) in [5, 5.41) is 4.67. The average molecular weight is 358 g/mol. The monoisotopic (exact) mass is 356 g/mol. The largest absolute Gasteiger partial charge is 0.225 e. The SMILES string of the molecule is Cc1cscc1-c1nc(Cl)c2c(Br)ccc(F)c2n1. The third-order valence-corrected chi connectivity index (χ3v) is 4.60. The molecule has 0 spiro atoms.